The fourth-order valence-corrected chi connectivity index (χ4v) is 2.64. The van der Waals surface area contributed by atoms with Crippen molar-refractivity contribution in [2.45, 2.75) is 9.79 Å². The first-order valence-electron chi connectivity index (χ1n) is 4.70. The Kier molecular flexibility index (Phi) is 1.86. The maximum Gasteiger partial charge on any atom is 0.131 e. The molecule has 0 saturated heterocycles. The van der Waals surface area contributed by atoms with E-state index in [1.807, 2.05) is 36.4 Å². The van der Waals surface area contributed by atoms with E-state index in [0.717, 1.165) is 21.2 Å². The normalized spacial score (nSPS) is 12.5. The third kappa shape index (κ3) is 1.36. The van der Waals surface area contributed by atoms with Crippen LogP contribution in [0.1, 0.15) is 0 Å². The lowest BCUT2D eigenvalue weighted by molar-refractivity contribution is 0.463. The molecule has 0 aliphatic carbocycles. The Bertz CT molecular complexity index is 525. The van der Waals surface area contributed by atoms with Crippen molar-refractivity contribution in [1.82, 2.24) is 0 Å². The molecule has 0 fully saturated rings. The van der Waals surface area contributed by atoms with Crippen LogP contribution in [0.4, 0.5) is 11.4 Å². The summed E-state index contributed by atoms with van der Waals surface area (Å²) in [5, 5.41) is 13.0. The molecule has 0 aromatic heterocycles. The summed E-state index contributed by atoms with van der Waals surface area (Å²) in [5.41, 5.74) is 2.07. The molecule has 15 heavy (non-hydrogen) atoms. The minimum Gasteiger partial charge on any atom is -0.507 e. The predicted molar refractivity (Wildman–Crippen MR) is 62.0 cm³/mol. The van der Waals surface area contributed by atoms with E-state index in [2.05, 4.69) is 5.32 Å². The molecule has 0 atom stereocenters. The molecule has 74 valence electrons. The number of benzene rings is 2. The van der Waals surface area contributed by atoms with Gasteiger partial charge in [-0.3, -0.25) is 0 Å². The molecule has 0 radical (unpaired) electrons. The lowest BCUT2D eigenvalue weighted by atomic mass is 10.2. The van der Waals surface area contributed by atoms with E-state index in [1.54, 1.807) is 17.8 Å². The van der Waals surface area contributed by atoms with Crippen LogP contribution in [0.2, 0.25) is 0 Å². The molecule has 2 aromatic carbocycles. The van der Waals surface area contributed by atoms with E-state index in [4.69, 9.17) is 0 Å². The molecule has 1 heterocycles. The lowest BCUT2D eigenvalue weighted by Gasteiger charge is -2.20. The number of nitrogens with one attached hydrogen (secondary N) is 1. The molecular formula is C12H9NOS. The molecule has 3 rings (SSSR count). The topological polar surface area (TPSA) is 32.3 Å². The number of phenols is 1. The lowest BCUT2D eigenvalue weighted by Crippen LogP contribution is -1.98. The zero-order valence-corrected chi connectivity index (χ0v) is 8.71. The van der Waals surface area contributed by atoms with Gasteiger partial charge in [0.1, 0.15) is 5.75 Å². The molecule has 0 bridgehead atoms. The molecule has 3 heteroatoms. The third-order valence-electron chi connectivity index (χ3n) is 2.36. The van der Waals surface area contributed by atoms with Crippen LogP contribution >= 0.6 is 11.8 Å². The van der Waals surface area contributed by atoms with Gasteiger partial charge in [-0.2, -0.15) is 0 Å². The van der Waals surface area contributed by atoms with E-state index >= 15 is 0 Å². The van der Waals surface area contributed by atoms with Gasteiger partial charge < -0.3 is 10.4 Å². The summed E-state index contributed by atoms with van der Waals surface area (Å²) in [6.45, 7) is 0. The summed E-state index contributed by atoms with van der Waals surface area (Å²) < 4.78 is 0. The second-order valence-electron chi connectivity index (χ2n) is 3.38. The minimum atomic E-state index is 0.333. The molecule has 2 aromatic rings. The van der Waals surface area contributed by atoms with Gasteiger partial charge in [0.2, 0.25) is 0 Å². The van der Waals surface area contributed by atoms with Crippen molar-refractivity contribution < 1.29 is 5.11 Å². The SMILES string of the molecule is Oc1cccc2c1Sc1ccccc1N2. The number of anilines is 2. The monoisotopic (exact) mass is 215 g/mol. The van der Waals surface area contributed by atoms with Gasteiger partial charge >= 0.3 is 0 Å². The van der Waals surface area contributed by atoms with E-state index in [0.29, 0.717) is 5.75 Å². The van der Waals surface area contributed by atoms with Gasteiger partial charge in [0.05, 0.1) is 16.3 Å². The van der Waals surface area contributed by atoms with E-state index in [9.17, 15) is 5.11 Å². The van der Waals surface area contributed by atoms with Crippen molar-refractivity contribution in [3.05, 3.63) is 42.5 Å². The van der Waals surface area contributed by atoms with Crippen molar-refractivity contribution in [1.29, 1.82) is 0 Å². The summed E-state index contributed by atoms with van der Waals surface area (Å²) >= 11 is 1.60. The molecule has 1 aliphatic rings. The van der Waals surface area contributed by atoms with Crippen LogP contribution < -0.4 is 5.32 Å². The highest BCUT2D eigenvalue weighted by Gasteiger charge is 2.17. The summed E-state index contributed by atoms with van der Waals surface area (Å²) in [4.78, 5) is 2.04. The average Bonchev–Trinajstić information content (AvgIpc) is 2.27. The molecule has 1 aliphatic heterocycles. The van der Waals surface area contributed by atoms with Crippen LogP contribution in [0.15, 0.2) is 52.3 Å². The predicted octanol–water partition coefficient (Wildman–Crippen LogP) is 3.60. The number of rotatable bonds is 0. The Hall–Kier alpha value is -1.61. The summed E-state index contributed by atoms with van der Waals surface area (Å²) in [5.74, 6) is 0.333. The van der Waals surface area contributed by atoms with Crippen molar-refractivity contribution in [2.24, 2.45) is 0 Å². The highest BCUT2D eigenvalue weighted by molar-refractivity contribution is 7.99. The van der Waals surface area contributed by atoms with Crippen LogP contribution in [-0.2, 0) is 0 Å². The van der Waals surface area contributed by atoms with E-state index in [1.165, 1.54) is 0 Å². The Morgan fingerprint density at radius 2 is 1.73 bits per heavy atom. The van der Waals surface area contributed by atoms with Crippen molar-refractivity contribution in [3.8, 4) is 5.75 Å². The summed E-state index contributed by atoms with van der Waals surface area (Å²) in [7, 11) is 0. The zero-order chi connectivity index (χ0) is 10.3. The average molecular weight is 215 g/mol. The largest absolute Gasteiger partial charge is 0.507 e. The van der Waals surface area contributed by atoms with E-state index in [-0.39, 0.29) is 0 Å². The molecule has 0 saturated carbocycles. The molecule has 2 N–H and O–H groups in total. The molecule has 2 nitrogen and oxygen atoms in total. The Balaban J connectivity index is 2.15. The van der Waals surface area contributed by atoms with Gasteiger partial charge in [0.25, 0.3) is 0 Å². The van der Waals surface area contributed by atoms with Gasteiger partial charge in [-0.1, -0.05) is 30.0 Å². The van der Waals surface area contributed by atoms with Gasteiger partial charge in [-0.05, 0) is 24.3 Å². The van der Waals surface area contributed by atoms with Crippen LogP contribution in [0.5, 0.6) is 5.75 Å². The third-order valence-corrected chi connectivity index (χ3v) is 3.57. The zero-order valence-electron chi connectivity index (χ0n) is 7.90. The van der Waals surface area contributed by atoms with Crippen LogP contribution in [-0.4, -0.2) is 5.11 Å². The number of hydrogen-bond acceptors (Lipinski definition) is 3. The highest BCUT2D eigenvalue weighted by Crippen LogP contribution is 2.47. The van der Waals surface area contributed by atoms with Gasteiger partial charge in [0.15, 0.2) is 0 Å². The maximum atomic E-state index is 9.72. The fourth-order valence-electron chi connectivity index (χ4n) is 1.64. The Labute approximate surface area is 91.9 Å². The molecule has 0 unspecified atom stereocenters. The summed E-state index contributed by atoms with van der Waals surface area (Å²) in [6, 6.07) is 13.6. The molecule has 0 amide bonds. The van der Waals surface area contributed by atoms with Crippen LogP contribution in [0.3, 0.4) is 0 Å². The fraction of sp³-hybridized carbons (Fsp3) is 0. The Morgan fingerprint density at radius 3 is 2.67 bits per heavy atom. The number of fused-ring (bicyclic) bond motifs is 2. The van der Waals surface area contributed by atoms with Crippen LogP contribution in [0, 0.1) is 0 Å². The maximum absolute atomic E-state index is 9.72. The first kappa shape index (κ1) is 8.68. The van der Waals surface area contributed by atoms with E-state index < -0.39 is 0 Å². The quantitative estimate of drug-likeness (QED) is 0.601. The van der Waals surface area contributed by atoms with Gasteiger partial charge in [-0.15, -0.1) is 0 Å². The van der Waals surface area contributed by atoms with Gasteiger partial charge in [-0.25, -0.2) is 0 Å². The number of para-hydroxylation sites is 1. The number of aromatic hydroxyl groups is 1. The highest BCUT2D eigenvalue weighted by atomic mass is 32.2. The smallest absolute Gasteiger partial charge is 0.131 e. The summed E-state index contributed by atoms with van der Waals surface area (Å²) in [6.07, 6.45) is 0. The first-order valence-corrected chi connectivity index (χ1v) is 5.52. The number of phenolic OH excluding ortho intramolecular Hbond substituents is 1. The van der Waals surface area contributed by atoms with Crippen molar-refractivity contribution in [3.63, 3.8) is 0 Å². The van der Waals surface area contributed by atoms with Gasteiger partial charge in [0, 0.05) is 4.90 Å². The minimum absolute atomic E-state index is 0.333. The first-order chi connectivity index (χ1) is 7.34. The van der Waals surface area contributed by atoms with Crippen molar-refractivity contribution in [2.75, 3.05) is 5.32 Å². The molecular weight excluding hydrogens is 206 g/mol. The molecule has 0 spiro atoms. The second kappa shape index (κ2) is 3.21. The van der Waals surface area contributed by atoms with Crippen molar-refractivity contribution >= 4 is 23.1 Å². The standard InChI is InChI=1S/C12H9NOS/c14-10-6-3-5-9-12(10)15-11-7-2-1-4-8(11)13-9/h1-7,13-14H. The Morgan fingerprint density at radius 1 is 0.933 bits per heavy atom. The second-order valence-corrected chi connectivity index (χ2v) is 4.43. The van der Waals surface area contributed by atoms with Crippen LogP contribution in [0.25, 0.3) is 0 Å². The number of hydrogen-bond donors (Lipinski definition) is 2.